The minimum atomic E-state index is 0.379. The van der Waals surface area contributed by atoms with Gasteiger partial charge in [-0.2, -0.15) is 5.10 Å². The Morgan fingerprint density at radius 1 is 1.20 bits per heavy atom. The standard InChI is InChI=1S/C16H17N3O/c1-10-6-12(7-11(2)16(10)20)8-17-14-5-3-4-13-9-18-19-15(13)14/h3-7,9,17,20H,8H2,1-2H3,(H,18,19). The van der Waals surface area contributed by atoms with Crippen molar-refractivity contribution in [3.63, 3.8) is 0 Å². The number of phenols is 1. The Labute approximate surface area is 117 Å². The third-order valence-electron chi connectivity index (χ3n) is 3.51. The van der Waals surface area contributed by atoms with Crippen LogP contribution in [-0.4, -0.2) is 15.3 Å². The molecule has 0 amide bonds. The van der Waals surface area contributed by atoms with Crippen molar-refractivity contribution in [1.29, 1.82) is 0 Å². The second kappa shape index (κ2) is 4.89. The number of fused-ring (bicyclic) bond motifs is 1. The van der Waals surface area contributed by atoms with Gasteiger partial charge in [-0.05, 0) is 36.6 Å². The van der Waals surface area contributed by atoms with E-state index in [1.165, 1.54) is 0 Å². The number of H-pyrrole nitrogens is 1. The van der Waals surface area contributed by atoms with Crippen LogP contribution in [0.15, 0.2) is 36.5 Å². The van der Waals surface area contributed by atoms with Crippen molar-refractivity contribution in [2.24, 2.45) is 0 Å². The van der Waals surface area contributed by atoms with Crippen molar-refractivity contribution in [2.75, 3.05) is 5.32 Å². The van der Waals surface area contributed by atoms with Gasteiger partial charge in [-0.15, -0.1) is 0 Å². The fourth-order valence-electron chi connectivity index (χ4n) is 2.46. The van der Waals surface area contributed by atoms with Crippen LogP contribution in [0.25, 0.3) is 10.9 Å². The van der Waals surface area contributed by atoms with Gasteiger partial charge < -0.3 is 10.4 Å². The van der Waals surface area contributed by atoms with E-state index in [0.717, 1.165) is 33.3 Å². The largest absolute Gasteiger partial charge is 0.507 e. The van der Waals surface area contributed by atoms with Crippen molar-refractivity contribution in [3.05, 3.63) is 53.2 Å². The Kier molecular flexibility index (Phi) is 3.06. The number of hydrogen-bond acceptors (Lipinski definition) is 3. The highest BCUT2D eigenvalue weighted by Crippen LogP contribution is 2.25. The molecule has 1 aromatic heterocycles. The lowest BCUT2D eigenvalue weighted by molar-refractivity contribution is 0.466. The van der Waals surface area contributed by atoms with Crippen molar-refractivity contribution in [3.8, 4) is 5.75 Å². The zero-order chi connectivity index (χ0) is 14.1. The molecule has 0 aliphatic heterocycles. The Bertz CT molecular complexity index is 738. The monoisotopic (exact) mass is 267 g/mol. The Balaban J connectivity index is 1.85. The number of nitrogens with zero attached hydrogens (tertiary/aromatic N) is 1. The highest BCUT2D eigenvalue weighted by molar-refractivity contribution is 5.89. The SMILES string of the molecule is Cc1cc(CNc2cccc3cn[nH]c23)cc(C)c1O. The number of para-hydroxylation sites is 1. The molecule has 4 nitrogen and oxygen atoms in total. The molecule has 0 fully saturated rings. The molecule has 3 rings (SSSR count). The fourth-order valence-corrected chi connectivity index (χ4v) is 2.46. The van der Waals surface area contributed by atoms with Crippen LogP contribution in [0.4, 0.5) is 5.69 Å². The first kappa shape index (κ1) is 12.5. The lowest BCUT2D eigenvalue weighted by Gasteiger charge is -2.10. The van der Waals surface area contributed by atoms with Gasteiger partial charge in [-0.3, -0.25) is 5.10 Å². The van der Waals surface area contributed by atoms with Crippen molar-refractivity contribution < 1.29 is 5.11 Å². The van der Waals surface area contributed by atoms with Gasteiger partial charge in [0.1, 0.15) is 5.75 Å². The lowest BCUT2D eigenvalue weighted by Crippen LogP contribution is -2.01. The third-order valence-corrected chi connectivity index (χ3v) is 3.51. The molecule has 4 heteroatoms. The fraction of sp³-hybridized carbons (Fsp3) is 0.188. The molecule has 0 saturated heterocycles. The maximum atomic E-state index is 9.80. The molecule has 102 valence electrons. The van der Waals surface area contributed by atoms with Crippen LogP contribution in [-0.2, 0) is 6.54 Å². The average Bonchev–Trinajstić information content (AvgIpc) is 2.91. The smallest absolute Gasteiger partial charge is 0.121 e. The van der Waals surface area contributed by atoms with Gasteiger partial charge in [0, 0.05) is 11.9 Å². The number of anilines is 1. The van der Waals surface area contributed by atoms with Crippen LogP contribution in [0.1, 0.15) is 16.7 Å². The average molecular weight is 267 g/mol. The van der Waals surface area contributed by atoms with Crippen molar-refractivity contribution in [2.45, 2.75) is 20.4 Å². The minimum absolute atomic E-state index is 0.379. The Morgan fingerprint density at radius 2 is 1.95 bits per heavy atom. The normalized spacial score (nSPS) is 10.9. The van der Waals surface area contributed by atoms with E-state index in [9.17, 15) is 5.11 Å². The van der Waals surface area contributed by atoms with Gasteiger partial charge in [0.2, 0.25) is 0 Å². The van der Waals surface area contributed by atoms with Crippen LogP contribution in [0, 0.1) is 13.8 Å². The molecule has 20 heavy (non-hydrogen) atoms. The maximum Gasteiger partial charge on any atom is 0.121 e. The highest BCUT2D eigenvalue weighted by atomic mass is 16.3. The lowest BCUT2D eigenvalue weighted by atomic mass is 10.1. The first-order valence-corrected chi connectivity index (χ1v) is 6.60. The number of hydrogen-bond donors (Lipinski definition) is 3. The number of phenolic OH excluding ortho intramolecular Hbond substituents is 1. The molecule has 0 unspecified atom stereocenters. The first-order valence-electron chi connectivity index (χ1n) is 6.60. The summed E-state index contributed by atoms with van der Waals surface area (Å²) in [4.78, 5) is 0. The molecular formula is C16H17N3O. The molecule has 0 aliphatic rings. The summed E-state index contributed by atoms with van der Waals surface area (Å²) in [5, 5.41) is 21.4. The zero-order valence-corrected chi connectivity index (χ0v) is 11.6. The van der Waals surface area contributed by atoms with E-state index in [0.29, 0.717) is 12.3 Å². The Hall–Kier alpha value is -2.49. The summed E-state index contributed by atoms with van der Waals surface area (Å²) in [6.07, 6.45) is 1.81. The van der Waals surface area contributed by atoms with Crippen LogP contribution < -0.4 is 5.32 Å². The van der Waals surface area contributed by atoms with Crippen LogP contribution in [0.2, 0.25) is 0 Å². The molecule has 0 saturated carbocycles. The second-order valence-corrected chi connectivity index (χ2v) is 5.07. The molecule has 0 atom stereocenters. The molecule has 3 aromatic rings. The second-order valence-electron chi connectivity index (χ2n) is 5.07. The summed E-state index contributed by atoms with van der Waals surface area (Å²) < 4.78 is 0. The number of nitrogens with one attached hydrogen (secondary N) is 2. The van der Waals surface area contributed by atoms with Gasteiger partial charge in [-0.1, -0.05) is 24.3 Å². The van der Waals surface area contributed by atoms with E-state index < -0.39 is 0 Å². The van der Waals surface area contributed by atoms with Crippen LogP contribution >= 0.6 is 0 Å². The van der Waals surface area contributed by atoms with E-state index in [2.05, 4.69) is 15.5 Å². The topological polar surface area (TPSA) is 60.9 Å². The predicted molar refractivity (Wildman–Crippen MR) is 81.0 cm³/mol. The molecule has 3 N–H and O–H groups in total. The number of aromatic hydroxyl groups is 1. The highest BCUT2D eigenvalue weighted by Gasteiger charge is 2.05. The maximum absolute atomic E-state index is 9.80. The summed E-state index contributed by atoms with van der Waals surface area (Å²) >= 11 is 0. The summed E-state index contributed by atoms with van der Waals surface area (Å²) in [6, 6.07) is 10.1. The molecule has 0 aliphatic carbocycles. The number of aromatic nitrogens is 2. The molecule has 2 aromatic carbocycles. The number of aryl methyl sites for hydroxylation is 2. The van der Waals surface area contributed by atoms with Crippen molar-refractivity contribution >= 4 is 16.6 Å². The summed E-state index contributed by atoms with van der Waals surface area (Å²) in [7, 11) is 0. The summed E-state index contributed by atoms with van der Waals surface area (Å²) in [5.41, 5.74) is 5.00. The molecule has 1 heterocycles. The van der Waals surface area contributed by atoms with Gasteiger partial charge in [0.15, 0.2) is 0 Å². The Morgan fingerprint density at radius 3 is 2.70 bits per heavy atom. The number of benzene rings is 2. The third kappa shape index (κ3) is 2.20. The first-order chi connectivity index (χ1) is 9.65. The van der Waals surface area contributed by atoms with Gasteiger partial charge in [-0.25, -0.2) is 0 Å². The minimum Gasteiger partial charge on any atom is -0.507 e. The summed E-state index contributed by atoms with van der Waals surface area (Å²) in [6.45, 7) is 4.54. The van der Waals surface area contributed by atoms with Gasteiger partial charge >= 0.3 is 0 Å². The van der Waals surface area contributed by atoms with E-state index in [4.69, 9.17) is 0 Å². The van der Waals surface area contributed by atoms with E-state index in [1.54, 1.807) is 0 Å². The van der Waals surface area contributed by atoms with E-state index >= 15 is 0 Å². The number of rotatable bonds is 3. The van der Waals surface area contributed by atoms with E-state index in [1.807, 2.05) is 50.4 Å². The van der Waals surface area contributed by atoms with Crippen LogP contribution in [0.5, 0.6) is 5.75 Å². The molecule has 0 bridgehead atoms. The van der Waals surface area contributed by atoms with Gasteiger partial charge in [0.25, 0.3) is 0 Å². The molecule has 0 spiro atoms. The zero-order valence-electron chi connectivity index (χ0n) is 11.6. The number of aromatic amines is 1. The quantitative estimate of drug-likeness (QED) is 0.680. The van der Waals surface area contributed by atoms with Crippen molar-refractivity contribution in [1.82, 2.24) is 10.2 Å². The molecule has 0 radical (unpaired) electrons. The van der Waals surface area contributed by atoms with Crippen LogP contribution in [0.3, 0.4) is 0 Å². The predicted octanol–water partition coefficient (Wildman–Crippen LogP) is 3.50. The van der Waals surface area contributed by atoms with Gasteiger partial charge in [0.05, 0.1) is 17.4 Å². The summed E-state index contributed by atoms with van der Waals surface area (Å²) in [5.74, 6) is 0.379. The molecular weight excluding hydrogens is 250 g/mol. The van der Waals surface area contributed by atoms with E-state index in [-0.39, 0.29) is 0 Å².